The first kappa shape index (κ1) is 11.1. The molecule has 0 heterocycles. The third-order valence-electron chi connectivity index (χ3n) is 1.33. The quantitative estimate of drug-likeness (QED) is 0.561. The van der Waals surface area contributed by atoms with Gasteiger partial charge in [0.25, 0.3) is 5.69 Å². The summed E-state index contributed by atoms with van der Waals surface area (Å²) in [7, 11) is 0. The lowest BCUT2D eigenvalue weighted by Crippen LogP contribution is -1.96. The van der Waals surface area contributed by atoms with Gasteiger partial charge in [0, 0.05) is 12.1 Å². The zero-order chi connectivity index (χ0) is 9.14. The van der Waals surface area contributed by atoms with Crippen LogP contribution in [0.4, 0.5) is 5.69 Å². The van der Waals surface area contributed by atoms with Gasteiger partial charge in [-0.2, -0.15) is 0 Å². The van der Waals surface area contributed by atoms with Crippen LogP contribution in [0.15, 0.2) is 24.3 Å². The number of carboxylic acid groups (broad SMARTS) is 1. The van der Waals surface area contributed by atoms with Crippen molar-refractivity contribution in [3.05, 3.63) is 39.9 Å². The number of benzene rings is 1. The van der Waals surface area contributed by atoms with Gasteiger partial charge in [0.2, 0.25) is 0 Å². The van der Waals surface area contributed by atoms with Gasteiger partial charge in [0.1, 0.15) is 0 Å². The Morgan fingerprint density at radius 3 is 2.08 bits per heavy atom. The molecule has 1 aromatic rings. The average Bonchev–Trinajstić information content (AvgIpc) is 2.04. The van der Waals surface area contributed by atoms with Crippen LogP contribution in [-0.4, -0.2) is 16.0 Å². The summed E-state index contributed by atoms with van der Waals surface area (Å²) in [4.78, 5) is 19.9. The number of nitro benzene ring substituents is 1. The van der Waals surface area contributed by atoms with Crippen LogP contribution in [0, 0.1) is 10.1 Å². The van der Waals surface area contributed by atoms with E-state index in [4.69, 9.17) is 5.11 Å². The lowest BCUT2D eigenvalue weighted by atomic mass is 10.2. The van der Waals surface area contributed by atoms with Crippen LogP contribution in [0.3, 0.4) is 0 Å². The van der Waals surface area contributed by atoms with Crippen molar-refractivity contribution in [2.45, 2.75) is 7.43 Å². The van der Waals surface area contributed by atoms with Gasteiger partial charge in [-0.1, -0.05) is 7.43 Å². The molecule has 13 heavy (non-hydrogen) atoms. The van der Waals surface area contributed by atoms with E-state index in [9.17, 15) is 14.9 Å². The highest BCUT2D eigenvalue weighted by molar-refractivity contribution is 5.87. The molecule has 1 aromatic carbocycles. The highest BCUT2D eigenvalue weighted by Crippen LogP contribution is 2.11. The topological polar surface area (TPSA) is 80.4 Å². The van der Waals surface area contributed by atoms with Crippen molar-refractivity contribution in [2.24, 2.45) is 0 Å². The standard InChI is InChI=1S/C7H5NO4.CH4/c9-7(10)5-1-3-6(4-2-5)8(11)12;/h1-4H,(H,9,10);1H4. The van der Waals surface area contributed by atoms with Gasteiger partial charge in [0.05, 0.1) is 10.5 Å². The second-order valence-electron chi connectivity index (χ2n) is 2.11. The van der Waals surface area contributed by atoms with Crippen LogP contribution >= 0.6 is 0 Å². The number of nitro groups is 1. The van der Waals surface area contributed by atoms with Gasteiger partial charge in [-0.25, -0.2) is 4.79 Å². The monoisotopic (exact) mass is 183 g/mol. The smallest absolute Gasteiger partial charge is 0.335 e. The SMILES string of the molecule is C.O=C(O)c1ccc([N+](=O)[O-])cc1. The normalized spacial score (nSPS) is 8.62. The van der Waals surface area contributed by atoms with E-state index in [-0.39, 0.29) is 18.7 Å². The van der Waals surface area contributed by atoms with Crippen molar-refractivity contribution < 1.29 is 14.8 Å². The molecule has 0 saturated carbocycles. The highest BCUT2D eigenvalue weighted by Gasteiger charge is 2.06. The Kier molecular flexibility index (Phi) is 3.58. The lowest BCUT2D eigenvalue weighted by Gasteiger charge is -1.92. The molecule has 5 heteroatoms. The molecule has 70 valence electrons. The van der Waals surface area contributed by atoms with Crippen molar-refractivity contribution in [3.63, 3.8) is 0 Å². The summed E-state index contributed by atoms with van der Waals surface area (Å²) < 4.78 is 0. The van der Waals surface area contributed by atoms with Crippen molar-refractivity contribution in [1.29, 1.82) is 0 Å². The maximum absolute atomic E-state index is 10.3. The van der Waals surface area contributed by atoms with Gasteiger partial charge < -0.3 is 5.11 Å². The summed E-state index contributed by atoms with van der Waals surface area (Å²) in [6.07, 6.45) is 0. The molecule has 0 spiro atoms. The molecule has 5 nitrogen and oxygen atoms in total. The predicted molar refractivity (Wildman–Crippen MR) is 46.8 cm³/mol. The first-order chi connectivity index (χ1) is 5.61. The fourth-order valence-electron chi connectivity index (χ4n) is 0.726. The van der Waals surface area contributed by atoms with E-state index < -0.39 is 10.9 Å². The van der Waals surface area contributed by atoms with Crippen LogP contribution < -0.4 is 0 Å². The molecule has 0 saturated heterocycles. The number of hydrogen-bond donors (Lipinski definition) is 1. The van der Waals surface area contributed by atoms with Crippen molar-refractivity contribution >= 4 is 11.7 Å². The van der Waals surface area contributed by atoms with Gasteiger partial charge >= 0.3 is 5.97 Å². The highest BCUT2D eigenvalue weighted by atomic mass is 16.6. The summed E-state index contributed by atoms with van der Waals surface area (Å²) >= 11 is 0. The molecule has 0 unspecified atom stereocenters. The summed E-state index contributed by atoms with van der Waals surface area (Å²) in [5, 5.41) is 18.6. The second kappa shape index (κ2) is 4.20. The van der Waals surface area contributed by atoms with E-state index in [2.05, 4.69) is 0 Å². The Morgan fingerprint density at radius 2 is 1.77 bits per heavy atom. The summed E-state index contributed by atoms with van der Waals surface area (Å²) in [6, 6.07) is 4.70. The summed E-state index contributed by atoms with van der Waals surface area (Å²) in [5.74, 6) is -1.09. The van der Waals surface area contributed by atoms with Crippen LogP contribution in [0.2, 0.25) is 0 Å². The molecule has 1 rings (SSSR count). The second-order valence-corrected chi connectivity index (χ2v) is 2.11. The summed E-state index contributed by atoms with van der Waals surface area (Å²) in [6.45, 7) is 0. The number of hydrogen-bond acceptors (Lipinski definition) is 3. The Bertz CT molecular complexity index is 284. The maximum Gasteiger partial charge on any atom is 0.335 e. The van der Waals surface area contributed by atoms with Crippen LogP contribution in [0.25, 0.3) is 0 Å². The average molecular weight is 183 g/mol. The molecule has 0 aliphatic rings. The minimum atomic E-state index is -1.09. The molecular formula is C8H9NO4. The fraction of sp³-hybridized carbons (Fsp3) is 0.125. The number of rotatable bonds is 2. The summed E-state index contributed by atoms with van der Waals surface area (Å²) in [5.41, 5.74) is -0.0689. The van der Waals surface area contributed by atoms with E-state index in [1.54, 1.807) is 0 Å². The third-order valence-corrected chi connectivity index (χ3v) is 1.33. The number of carboxylic acids is 1. The lowest BCUT2D eigenvalue weighted by molar-refractivity contribution is -0.384. The first-order valence-corrected chi connectivity index (χ1v) is 3.09. The number of aromatic carboxylic acids is 1. The van der Waals surface area contributed by atoms with Gasteiger partial charge in [-0.05, 0) is 12.1 Å². The molecule has 0 aromatic heterocycles. The zero-order valence-corrected chi connectivity index (χ0v) is 5.93. The Morgan fingerprint density at radius 1 is 1.31 bits per heavy atom. The third kappa shape index (κ3) is 2.55. The van der Waals surface area contributed by atoms with Gasteiger partial charge in [0.15, 0.2) is 0 Å². The Balaban J connectivity index is 0.00000144. The molecule has 0 bridgehead atoms. The van der Waals surface area contributed by atoms with Gasteiger partial charge in [-0.15, -0.1) is 0 Å². The fourth-order valence-corrected chi connectivity index (χ4v) is 0.726. The van der Waals surface area contributed by atoms with Crippen LogP contribution in [0.1, 0.15) is 17.8 Å². The van der Waals surface area contributed by atoms with Crippen LogP contribution in [0.5, 0.6) is 0 Å². The zero-order valence-electron chi connectivity index (χ0n) is 5.93. The van der Waals surface area contributed by atoms with E-state index >= 15 is 0 Å². The van der Waals surface area contributed by atoms with E-state index in [1.807, 2.05) is 0 Å². The van der Waals surface area contributed by atoms with Crippen LogP contribution in [-0.2, 0) is 0 Å². The molecule has 0 fully saturated rings. The molecule has 1 N–H and O–H groups in total. The minimum absolute atomic E-state index is 0. The van der Waals surface area contributed by atoms with Crippen molar-refractivity contribution in [2.75, 3.05) is 0 Å². The number of non-ortho nitro benzene ring substituents is 1. The Hall–Kier alpha value is -1.91. The maximum atomic E-state index is 10.3. The number of nitrogens with zero attached hydrogens (tertiary/aromatic N) is 1. The van der Waals surface area contributed by atoms with E-state index in [0.717, 1.165) is 12.1 Å². The molecule has 0 atom stereocenters. The predicted octanol–water partition coefficient (Wildman–Crippen LogP) is 1.93. The van der Waals surface area contributed by atoms with Crippen molar-refractivity contribution in [3.8, 4) is 0 Å². The molecule has 0 radical (unpaired) electrons. The first-order valence-electron chi connectivity index (χ1n) is 3.09. The molecule has 0 amide bonds. The number of carbonyl (C=O) groups is 1. The Labute approximate surface area is 74.8 Å². The molecule has 0 aliphatic carbocycles. The largest absolute Gasteiger partial charge is 0.478 e. The van der Waals surface area contributed by atoms with E-state index in [1.165, 1.54) is 12.1 Å². The van der Waals surface area contributed by atoms with E-state index in [0.29, 0.717) is 0 Å². The van der Waals surface area contributed by atoms with Gasteiger partial charge in [-0.3, -0.25) is 10.1 Å². The van der Waals surface area contributed by atoms with Crippen molar-refractivity contribution in [1.82, 2.24) is 0 Å². The molecular weight excluding hydrogens is 174 g/mol. The molecule has 0 aliphatic heterocycles. The minimum Gasteiger partial charge on any atom is -0.478 e.